The highest BCUT2D eigenvalue weighted by molar-refractivity contribution is 5.79. The van der Waals surface area contributed by atoms with Crippen molar-refractivity contribution in [1.82, 2.24) is 15.6 Å². The zero-order valence-electron chi connectivity index (χ0n) is 15.2. The van der Waals surface area contributed by atoms with Gasteiger partial charge < -0.3 is 20.2 Å². The van der Waals surface area contributed by atoms with Crippen LogP contribution in [0.5, 0.6) is 0 Å². The van der Waals surface area contributed by atoms with Crippen LogP contribution in [0.4, 0.5) is 0 Å². The van der Waals surface area contributed by atoms with E-state index in [2.05, 4.69) is 34.5 Å². The van der Waals surface area contributed by atoms with Crippen molar-refractivity contribution in [3.63, 3.8) is 0 Å². The molecular weight excluding hydrogens is 292 g/mol. The van der Waals surface area contributed by atoms with Crippen molar-refractivity contribution in [3.05, 3.63) is 17.3 Å². The lowest BCUT2D eigenvalue weighted by molar-refractivity contribution is 0.169. The fourth-order valence-corrected chi connectivity index (χ4v) is 2.55. The Morgan fingerprint density at radius 1 is 1.22 bits per heavy atom. The molecule has 1 rings (SSSR count). The van der Waals surface area contributed by atoms with Crippen LogP contribution in [0.25, 0.3) is 0 Å². The average molecular weight is 324 g/mol. The molecule has 0 aliphatic heterocycles. The second kappa shape index (κ2) is 9.55. The smallest absolute Gasteiger partial charge is 0.216 e. The standard InChI is InChI=1S/C17H32N4O2/c1-6-17(7-2,9-10-22)12-20-16(18-8-3)19-11-15-21-13(4)14(5)23-15/h22H,6-12H2,1-5H3,(H2,18,19,20). The SMILES string of the molecule is CCNC(=NCc1nc(C)c(C)o1)NCC(CC)(CC)CCO. The Labute approximate surface area is 139 Å². The third-order valence-corrected chi connectivity index (χ3v) is 4.56. The Kier molecular flexibility index (Phi) is 8.09. The lowest BCUT2D eigenvalue weighted by Crippen LogP contribution is -2.43. The zero-order chi connectivity index (χ0) is 17.3. The minimum atomic E-state index is 0.0983. The van der Waals surface area contributed by atoms with Gasteiger partial charge in [0.15, 0.2) is 5.96 Å². The molecular formula is C17H32N4O2. The molecule has 1 aromatic heterocycles. The van der Waals surface area contributed by atoms with Gasteiger partial charge in [0.25, 0.3) is 0 Å². The Morgan fingerprint density at radius 2 is 1.91 bits per heavy atom. The molecule has 1 heterocycles. The van der Waals surface area contributed by atoms with E-state index in [1.807, 2.05) is 20.8 Å². The van der Waals surface area contributed by atoms with Crippen molar-refractivity contribution in [3.8, 4) is 0 Å². The van der Waals surface area contributed by atoms with Gasteiger partial charge in [-0.3, -0.25) is 0 Å². The van der Waals surface area contributed by atoms with Crippen LogP contribution in [0.15, 0.2) is 9.41 Å². The van der Waals surface area contributed by atoms with Gasteiger partial charge in [-0.2, -0.15) is 0 Å². The van der Waals surface area contributed by atoms with Gasteiger partial charge in [-0.05, 0) is 45.4 Å². The Bertz CT molecular complexity index is 473. The van der Waals surface area contributed by atoms with Crippen molar-refractivity contribution in [2.45, 2.75) is 60.4 Å². The third kappa shape index (κ3) is 5.86. The molecule has 23 heavy (non-hydrogen) atoms. The van der Waals surface area contributed by atoms with E-state index in [0.29, 0.717) is 12.4 Å². The van der Waals surface area contributed by atoms with E-state index >= 15 is 0 Å². The van der Waals surface area contributed by atoms with Crippen molar-refractivity contribution in [2.75, 3.05) is 19.7 Å². The zero-order valence-corrected chi connectivity index (χ0v) is 15.2. The van der Waals surface area contributed by atoms with Crippen molar-refractivity contribution < 1.29 is 9.52 Å². The first-order valence-electron chi connectivity index (χ1n) is 8.56. The number of nitrogens with zero attached hydrogens (tertiary/aromatic N) is 2. The lowest BCUT2D eigenvalue weighted by atomic mass is 9.79. The van der Waals surface area contributed by atoms with Gasteiger partial charge in [0.05, 0.1) is 5.69 Å². The van der Waals surface area contributed by atoms with Gasteiger partial charge in [0.1, 0.15) is 12.3 Å². The molecule has 0 spiro atoms. The number of hydrogen-bond acceptors (Lipinski definition) is 4. The van der Waals surface area contributed by atoms with Crippen molar-refractivity contribution >= 4 is 5.96 Å². The van der Waals surface area contributed by atoms with Gasteiger partial charge in [-0.15, -0.1) is 0 Å². The molecule has 0 aliphatic rings. The summed E-state index contributed by atoms with van der Waals surface area (Å²) >= 11 is 0. The molecule has 1 aromatic rings. The topological polar surface area (TPSA) is 82.7 Å². The molecule has 0 aliphatic carbocycles. The van der Waals surface area contributed by atoms with Gasteiger partial charge in [-0.25, -0.2) is 9.98 Å². The largest absolute Gasteiger partial charge is 0.444 e. The number of aliphatic hydroxyl groups is 1. The lowest BCUT2D eigenvalue weighted by Gasteiger charge is -2.32. The highest BCUT2D eigenvalue weighted by atomic mass is 16.4. The summed E-state index contributed by atoms with van der Waals surface area (Å²) in [4.78, 5) is 8.90. The summed E-state index contributed by atoms with van der Waals surface area (Å²) < 4.78 is 5.56. The monoisotopic (exact) mass is 324 g/mol. The molecule has 0 amide bonds. The summed E-state index contributed by atoms with van der Waals surface area (Å²) in [5.41, 5.74) is 1.01. The molecule has 0 unspecified atom stereocenters. The molecule has 0 atom stereocenters. The van der Waals surface area contributed by atoms with E-state index in [0.717, 1.165) is 49.8 Å². The summed E-state index contributed by atoms with van der Waals surface area (Å²) in [6.45, 7) is 12.4. The Morgan fingerprint density at radius 3 is 2.39 bits per heavy atom. The minimum Gasteiger partial charge on any atom is -0.444 e. The van der Waals surface area contributed by atoms with Gasteiger partial charge >= 0.3 is 0 Å². The van der Waals surface area contributed by atoms with Gasteiger partial charge in [0, 0.05) is 19.7 Å². The molecule has 6 heteroatoms. The summed E-state index contributed by atoms with van der Waals surface area (Å²) in [6, 6.07) is 0. The van der Waals surface area contributed by atoms with Gasteiger partial charge in [0.2, 0.25) is 5.89 Å². The van der Waals surface area contributed by atoms with Crippen LogP contribution in [0, 0.1) is 19.3 Å². The predicted molar refractivity (Wildman–Crippen MR) is 93.5 cm³/mol. The first-order chi connectivity index (χ1) is 11.0. The summed E-state index contributed by atoms with van der Waals surface area (Å²) in [6.07, 6.45) is 2.84. The van der Waals surface area contributed by atoms with Crippen LogP contribution in [-0.4, -0.2) is 35.7 Å². The quantitative estimate of drug-likeness (QED) is 0.480. The number of aromatic nitrogens is 1. The molecule has 0 saturated heterocycles. The van der Waals surface area contributed by atoms with E-state index in [4.69, 9.17) is 4.42 Å². The highest BCUT2D eigenvalue weighted by Gasteiger charge is 2.25. The number of oxazole rings is 1. The average Bonchev–Trinajstić information content (AvgIpc) is 2.87. The van der Waals surface area contributed by atoms with Crippen LogP contribution < -0.4 is 10.6 Å². The van der Waals surface area contributed by atoms with Crippen molar-refractivity contribution in [1.29, 1.82) is 0 Å². The summed E-state index contributed by atoms with van der Waals surface area (Å²) in [5.74, 6) is 2.22. The van der Waals surface area contributed by atoms with Gasteiger partial charge in [-0.1, -0.05) is 13.8 Å². The van der Waals surface area contributed by atoms with E-state index in [-0.39, 0.29) is 12.0 Å². The number of aliphatic imine (C=N–C) groups is 1. The van der Waals surface area contributed by atoms with E-state index in [9.17, 15) is 5.11 Å². The molecule has 0 fully saturated rings. The molecule has 6 nitrogen and oxygen atoms in total. The summed E-state index contributed by atoms with van der Waals surface area (Å²) in [7, 11) is 0. The molecule has 3 N–H and O–H groups in total. The first kappa shape index (κ1) is 19.5. The fourth-order valence-electron chi connectivity index (χ4n) is 2.55. The van der Waals surface area contributed by atoms with E-state index in [1.54, 1.807) is 0 Å². The number of hydrogen-bond donors (Lipinski definition) is 3. The molecule has 132 valence electrons. The van der Waals surface area contributed by atoms with Crippen LogP contribution in [-0.2, 0) is 6.54 Å². The maximum absolute atomic E-state index is 9.32. The second-order valence-corrected chi connectivity index (χ2v) is 5.98. The number of nitrogens with one attached hydrogen (secondary N) is 2. The van der Waals surface area contributed by atoms with Crippen LogP contribution in [0.2, 0.25) is 0 Å². The maximum Gasteiger partial charge on any atom is 0.216 e. The predicted octanol–water partition coefficient (Wildman–Crippen LogP) is 2.54. The minimum absolute atomic E-state index is 0.0983. The highest BCUT2D eigenvalue weighted by Crippen LogP contribution is 2.29. The van der Waals surface area contributed by atoms with Crippen molar-refractivity contribution in [2.24, 2.45) is 10.4 Å². The van der Waals surface area contributed by atoms with Crippen LogP contribution in [0.1, 0.15) is 57.4 Å². The van der Waals surface area contributed by atoms with Crippen LogP contribution in [0.3, 0.4) is 0 Å². The maximum atomic E-state index is 9.32. The number of aliphatic hydroxyl groups excluding tert-OH is 1. The third-order valence-electron chi connectivity index (χ3n) is 4.56. The van der Waals surface area contributed by atoms with Crippen LogP contribution >= 0.6 is 0 Å². The first-order valence-corrected chi connectivity index (χ1v) is 8.56. The molecule has 0 saturated carbocycles. The molecule has 0 bridgehead atoms. The Hall–Kier alpha value is -1.56. The summed E-state index contributed by atoms with van der Waals surface area (Å²) in [5, 5.41) is 16.0. The number of guanidine groups is 1. The van der Waals surface area contributed by atoms with E-state index in [1.165, 1.54) is 0 Å². The Balaban J connectivity index is 2.71. The molecule has 0 radical (unpaired) electrons. The molecule has 0 aromatic carbocycles. The normalized spacial score (nSPS) is 12.5. The number of aryl methyl sites for hydroxylation is 2. The second-order valence-electron chi connectivity index (χ2n) is 5.98. The van der Waals surface area contributed by atoms with E-state index < -0.39 is 0 Å². The fraction of sp³-hybridized carbons (Fsp3) is 0.765. The number of rotatable bonds is 9.